The number of nitrogens with zero attached hydrogens (tertiary/aromatic N) is 6. The van der Waals surface area contributed by atoms with Gasteiger partial charge in [-0.3, -0.25) is 9.48 Å². The number of likely N-dealkylation sites (tertiary alicyclic amines) is 1. The van der Waals surface area contributed by atoms with Crippen LogP contribution in [0.1, 0.15) is 47.8 Å². The maximum atomic E-state index is 14.3. The number of amides is 1. The molecule has 1 saturated heterocycles. The van der Waals surface area contributed by atoms with Gasteiger partial charge in [-0.05, 0) is 18.2 Å². The van der Waals surface area contributed by atoms with Crippen LogP contribution in [0.2, 0.25) is 0 Å². The third kappa shape index (κ3) is 3.42. The Morgan fingerprint density at radius 1 is 1.24 bits per heavy atom. The lowest BCUT2D eigenvalue weighted by atomic mass is 10.0. The smallest absolute Gasteiger partial charge is 0.293 e. The number of hydrogen-bond donors (Lipinski definition) is 1. The van der Waals surface area contributed by atoms with Gasteiger partial charge in [-0.25, -0.2) is 14.1 Å². The van der Waals surface area contributed by atoms with Gasteiger partial charge in [0.1, 0.15) is 17.3 Å². The number of para-hydroxylation sites is 1. The summed E-state index contributed by atoms with van der Waals surface area (Å²) in [5.41, 5.74) is 7.57. The molecule has 2 N–H and O–H groups in total. The molecule has 8 nitrogen and oxygen atoms in total. The first-order chi connectivity index (χ1) is 13.9. The van der Waals surface area contributed by atoms with E-state index in [-0.39, 0.29) is 35.3 Å². The molecule has 2 atom stereocenters. The highest BCUT2D eigenvalue weighted by molar-refractivity contribution is 5.91. The summed E-state index contributed by atoms with van der Waals surface area (Å²) in [6.07, 6.45) is 1.72. The number of benzene rings is 1. The van der Waals surface area contributed by atoms with E-state index >= 15 is 0 Å². The van der Waals surface area contributed by atoms with Crippen molar-refractivity contribution in [2.24, 2.45) is 12.8 Å². The second kappa shape index (κ2) is 7.40. The standard InChI is InChI=1S/C20H24FN7O/c1-12(2)19-24-18(25-28(19)17-7-5-4-6-14(17)21)20(29)27-10-13(15(22)11-27)16-8-9-23-26(16)3/h4-9,12-13,15H,10-11,22H2,1-3H3/t13-,15-/m1/s1. The molecule has 29 heavy (non-hydrogen) atoms. The molecule has 2 aromatic heterocycles. The summed E-state index contributed by atoms with van der Waals surface area (Å²) in [5, 5.41) is 8.55. The number of aryl methyl sites for hydroxylation is 1. The number of aromatic nitrogens is 5. The second-order valence-corrected chi connectivity index (χ2v) is 7.67. The number of carbonyl (C=O) groups excluding carboxylic acids is 1. The molecule has 1 aliphatic heterocycles. The highest BCUT2D eigenvalue weighted by Crippen LogP contribution is 2.27. The van der Waals surface area contributed by atoms with Crippen molar-refractivity contribution in [1.82, 2.24) is 29.4 Å². The van der Waals surface area contributed by atoms with Crippen molar-refractivity contribution in [3.63, 3.8) is 0 Å². The zero-order valence-corrected chi connectivity index (χ0v) is 16.7. The monoisotopic (exact) mass is 397 g/mol. The highest BCUT2D eigenvalue weighted by Gasteiger charge is 2.37. The van der Waals surface area contributed by atoms with Crippen LogP contribution in [0.4, 0.5) is 4.39 Å². The largest absolute Gasteiger partial charge is 0.334 e. The van der Waals surface area contributed by atoms with Crippen LogP contribution in [-0.4, -0.2) is 54.5 Å². The van der Waals surface area contributed by atoms with Crippen molar-refractivity contribution < 1.29 is 9.18 Å². The number of nitrogens with two attached hydrogens (primary N) is 1. The van der Waals surface area contributed by atoms with Gasteiger partial charge in [0.15, 0.2) is 0 Å². The van der Waals surface area contributed by atoms with Crippen LogP contribution in [0.3, 0.4) is 0 Å². The molecule has 1 amide bonds. The fraction of sp³-hybridized carbons (Fsp3) is 0.400. The van der Waals surface area contributed by atoms with E-state index in [1.165, 1.54) is 10.7 Å². The first-order valence-electron chi connectivity index (χ1n) is 9.61. The minimum atomic E-state index is -0.419. The van der Waals surface area contributed by atoms with Crippen molar-refractivity contribution >= 4 is 5.91 Å². The van der Waals surface area contributed by atoms with Crippen LogP contribution in [0, 0.1) is 5.82 Å². The Hall–Kier alpha value is -3.07. The van der Waals surface area contributed by atoms with E-state index in [0.717, 1.165) is 5.69 Å². The van der Waals surface area contributed by atoms with Crippen molar-refractivity contribution in [2.45, 2.75) is 31.7 Å². The molecular weight excluding hydrogens is 373 g/mol. The quantitative estimate of drug-likeness (QED) is 0.725. The van der Waals surface area contributed by atoms with Crippen LogP contribution >= 0.6 is 0 Å². The average Bonchev–Trinajstić information content (AvgIpc) is 3.39. The van der Waals surface area contributed by atoms with E-state index in [4.69, 9.17) is 5.73 Å². The first-order valence-corrected chi connectivity index (χ1v) is 9.61. The number of carbonyl (C=O) groups is 1. The molecule has 0 unspecified atom stereocenters. The Bertz CT molecular complexity index is 1040. The average molecular weight is 397 g/mol. The summed E-state index contributed by atoms with van der Waals surface area (Å²) >= 11 is 0. The van der Waals surface area contributed by atoms with Gasteiger partial charge < -0.3 is 10.6 Å². The molecule has 1 aromatic carbocycles. The van der Waals surface area contributed by atoms with Crippen molar-refractivity contribution in [3.05, 3.63) is 59.7 Å². The normalized spacial score (nSPS) is 19.3. The van der Waals surface area contributed by atoms with Crippen LogP contribution in [0.5, 0.6) is 0 Å². The van der Waals surface area contributed by atoms with Crippen molar-refractivity contribution in [3.8, 4) is 5.69 Å². The van der Waals surface area contributed by atoms with Gasteiger partial charge in [0.2, 0.25) is 5.82 Å². The van der Waals surface area contributed by atoms with E-state index < -0.39 is 5.82 Å². The van der Waals surface area contributed by atoms with E-state index in [9.17, 15) is 9.18 Å². The Balaban J connectivity index is 1.64. The molecule has 0 bridgehead atoms. The molecule has 3 aromatic rings. The van der Waals surface area contributed by atoms with Gasteiger partial charge in [-0.15, -0.1) is 5.10 Å². The lowest BCUT2D eigenvalue weighted by Crippen LogP contribution is -2.33. The minimum Gasteiger partial charge on any atom is -0.334 e. The lowest BCUT2D eigenvalue weighted by Gasteiger charge is -2.14. The van der Waals surface area contributed by atoms with Gasteiger partial charge in [0.05, 0.1) is 0 Å². The molecule has 0 spiro atoms. The topological polar surface area (TPSA) is 94.9 Å². The summed E-state index contributed by atoms with van der Waals surface area (Å²) < 4.78 is 17.5. The number of halogens is 1. The fourth-order valence-electron chi connectivity index (χ4n) is 3.79. The van der Waals surface area contributed by atoms with E-state index in [1.807, 2.05) is 27.0 Å². The summed E-state index contributed by atoms with van der Waals surface area (Å²) in [6.45, 7) is 4.73. The van der Waals surface area contributed by atoms with Gasteiger partial charge in [0.25, 0.3) is 5.91 Å². The third-order valence-electron chi connectivity index (χ3n) is 5.31. The molecule has 3 heterocycles. The molecule has 1 aliphatic rings. The van der Waals surface area contributed by atoms with Gasteiger partial charge in [0, 0.05) is 49.9 Å². The molecule has 0 radical (unpaired) electrons. The lowest BCUT2D eigenvalue weighted by molar-refractivity contribution is 0.0777. The van der Waals surface area contributed by atoms with E-state index in [2.05, 4.69) is 15.2 Å². The SMILES string of the molecule is CC(C)c1nc(C(=O)N2C[C@@H](N)[C@H](c3ccnn3C)C2)nn1-c1ccccc1F. The fourth-order valence-corrected chi connectivity index (χ4v) is 3.79. The molecule has 0 saturated carbocycles. The summed E-state index contributed by atoms with van der Waals surface area (Å²) in [6, 6.07) is 8.04. The van der Waals surface area contributed by atoms with Crippen molar-refractivity contribution in [2.75, 3.05) is 13.1 Å². The van der Waals surface area contributed by atoms with Crippen molar-refractivity contribution in [1.29, 1.82) is 0 Å². The maximum absolute atomic E-state index is 14.3. The molecule has 9 heteroatoms. The van der Waals surface area contributed by atoms with Crippen LogP contribution in [-0.2, 0) is 7.05 Å². The number of rotatable bonds is 4. The predicted octanol–water partition coefficient (Wildman–Crippen LogP) is 1.83. The van der Waals surface area contributed by atoms with Crippen LogP contribution in [0.25, 0.3) is 5.69 Å². The summed E-state index contributed by atoms with van der Waals surface area (Å²) in [7, 11) is 1.86. The Kier molecular flexibility index (Phi) is 4.91. The molecule has 152 valence electrons. The maximum Gasteiger partial charge on any atom is 0.293 e. The predicted molar refractivity (Wildman–Crippen MR) is 105 cm³/mol. The third-order valence-corrected chi connectivity index (χ3v) is 5.31. The zero-order valence-electron chi connectivity index (χ0n) is 16.7. The zero-order chi connectivity index (χ0) is 20.7. The minimum absolute atomic E-state index is 0.00956. The Morgan fingerprint density at radius 2 is 2.00 bits per heavy atom. The first kappa shape index (κ1) is 19.3. The van der Waals surface area contributed by atoms with Gasteiger partial charge >= 0.3 is 0 Å². The van der Waals surface area contributed by atoms with Crippen LogP contribution in [0.15, 0.2) is 36.5 Å². The van der Waals surface area contributed by atoms with Gasteiger partial charge in [-0.1, -0.05) is 26.0 Å². The van der Waals surface area contributed by atoms with E-state index in [1.54, 1.807) is 34.0 Å². The Labute approximate surface area is 168 Å². The van der Waals surface area contributed by atoms with Crippen LogP contribution < -0.4 is 5.73 Å². The van der Waals surface area contributed by atoms with Gasteiger partial charge in [-0.2, -0.15) is 5.10 Å². The number of hydrogen-bond acceptors (Lipinski definition) is 5. The molecular formula is C20H24FN7O. The highest BCUT2D eigenvalue weighted by atomic mass is 19.1. The molecule has 1 fully saturated rings. The Morgan fingerprint density at radius 3 is 2.66 bits per heavy atom. The second-order valence-electron chi connectivity index (χ2n) is 7.67. The summed E-state index contributed by atoms with van der Waals surface area (Å²) in [5.74, 6) is -0.184. The molecule has 4 rings (SSSR count). The van der Waals surface area contributed by atoms with E-state index in [0.29, 0.717) is 18.9 Å². The summed E-state index contributed by atoms with van der Waals surface area (Å²) in [4.78, 5) is 19.2. The molecule has 0 aliphatic carbocycles.